The van der Waals surface area contributed by atoms with Gasteiger partial charge >= 0.3 is 6.09 Å². The van der Waals surface area contributed by atoms with Crippen LogP contribution in [0.15, 0.2) is 0 Å². The number of anilines is 1. The highest BCUT2D eigenvalue weighted by Gasteiger charge is 2.22. The second kappa shape index (κ2) is 6.18. The summed E-state index contributed by atoms with van der Waals surface area (Å²) in [6, 6.07) is 0. The number of hydrogen-bond donors (Lipinski definition) is 0. The van der Waals surface area contributed by atoms with Crippen LogP contribution in [-0.2, 0) is 11.2 Å². The van der Waals surface area contributed by atoms with Crippen molar-refractivity contribution in [3.05, 3.63) is 5.82 Å². The fourth-order valence-corrected chi connectivity index (χ4v) is 2.52. The molecule has 0 saturated carbocycles. The fraction of sp³-hybridized carbons (Fsp3) is 0.750. The summed E-state index contributed by atoms with van der Waals surface area (Å²) in [5.74, 6) is 1.47. The van der Waals surface area contributed by atoms with Gasteiger partial charge in [0.2, 0.25) is 5.13 Å². The summed E-state index contributed by atoms with van der Waals surface area (Å²) in [5, 5.41) is 0.906. The Hall–Kier alpha value is -1.37. The maximum atomic E-state index is 11.3. The van der Waals surface area contributed by atoms with E-state index < -0.39 is 0 Å². The molecule has 0 aromatic carbocycles. The van der Waals surface area contributed by atoms with E-state index >= 15 is 0 Å². The van der Waals surface area contributed by atoms with Crippen LogP contribution in [0.1, 0.15) is 19.7 Å². The Labute approximate surface area is 117 Å². The molecule has 106 valence electrons. The highest BCUT2D eigenvalue weighted by atomic mass is 32.1. The summed E-state index contributed by atoms with van der Waals surface area (Å²) in [4.78, 5) is 19.6. The van der Waals surface area contributed by atoms with Gasteiger partial charge < -0.3 is 14.5 Å². The Kier molecular flexibility index (Phi) is 4.57. The molecule has 6 nitrogen and oxygen atoms in total. The number of likely N-dealkylation sites (N-methyl/N-ethyl adjacent to an activating group) is 1. The molecule has 1 amide bonds. The number of carbonyl (C=O) groups is 1. The molecule has 1 aromatic heterocycles. The zero-order chi connectivity index (χ0) is 13.8. The Morgan fingerprint density at radius 2 is 2.32 bits per heavy atom. The van der Waals surface area contributed by atoms with Crippen LogP contribution in [-0.4, -0.2) is 53.6 Å². The highest BCUT2D eigenvalue weighted by Crippen LogP contribution is 2.17. The van der Waals surface area contributed by atoms with Gasteiger partial charge in [0, 0.05) is 38.1 Å². The summed E-state index contributed by atoms with van der Waals surface area (Å²) in [6.07, 6.45) is 0.689. The first-order valence-corrected chi connectivity index (χ1v) is 7.29. The molecule has 1 aliphatic heterocycles. The normalized spacial score (nSPS) is 15.2. The molecule has 1 saturated heterocycles. The molecule has 0 unspecified atom stereocenters. The summed E-state index contributed by atoms with van der Waals surface area (Å²) in [7, 11) is 1.97. The van der Waals surface area contributed by atoms with Gasteiger partial charge in [-0.2, -0.15) is 4.37 Å². The van der Waals surface area contributed by atoms with Crippen LogP contribution in [0.4, 0.5) is 9.93 Å². The molecule has 1 aromatic rings. The molecule has 7 heteroatoms. The second-order valence-electron chi connectivity index (χ2n) is 5.11. The molecule has 0 atom stereocenters. The smallest absolute Gasteiger partial charge is 0.409 e. The number of carbonyl (C=O) groups excluding carboxylic acids is 1. The predicted octanol–water partition coefficient (Wildman–Crippen LogP) is 1.62. The molecular formula is C12H20N4O2S. The fourth-order valence-electron chi connectivity index (χ4n) is 1.84. The Bertz CT molecular complexity index is 435. The van der Waals surface area contributed by atoms with Gasteiger partial charge in [-0.25, -0.2) is 9.78 Å². The van der Waals surface area contributed by atoms with E-state index in [4.69, 9.17) is 4.74 Å². The lowest BCUT2D eigenvalue weighted by molar-refractivity contribution is 0.159. The van der Waals surface area contributed by atoms with Crippen LogP contribution in [0.25, 0.3) is 0 Å². The van der Waals surface area contributed by atoms with Crippen molar-refractivity contribution in [2.75, 3.05) is 38.2 Å². The standard InChI is InChI=1S/C12H20N4O2S/c1-9(2)8-10-13-11(19-14-10)15(3)4-5-16-6-7-18-12(16)17/h9H,4-8H2,1-3H3. The molecule has 19 heavy (non-hydrogen) atoms. The van der Waals surface area contributed by atoms with Crippen molar-refractivity contribution in [3.8, 4) is 0 Å². The molecule has 0 N–H and O–H groups in total. The molecule has 0 radical (unpaired) electrons. The zero-order valence-corrected chi connectivity index (χ0v) is 12.4. The average molecular weight is 284 g/mol. The maximum Gasteiger partial charge on any atom is 0.409 e. The molecule has 0 spiro atoms. The zero-order valence-electron chi connectivity index (χ0n) is 11.6. The number of rotatable bonds is 6. The lowest BCUT2D eigenvalue weighted by Crippen LogP contribution is -2.33. The predicted molar refractivity (Wildman–Crippen MR) is 74.6 cm³/mol. The van der Waals surface area contributed by atoms with Gasteiger partial charge in [0.25, 0.3) is 0 Å². The van der Waals surface area contributed by atoms with E-state index in [0.29, 0.717) is 25.6 Å². The van der Waals surface area contributed by atoms with E-state index in [2.05, 4.69) is 23.2 Å². The number of amides is 1. The van der Waals surface area contributed by atoms with Gasteiger partial charge in [-0.3, -0.25) is 0 Å². The Balaban J connectivity index is 1.83. The second-order valence-corrected chi connectivity index (χ2v) is 5.84. The molecule has 0 bridgehead atoms. The van der Waals surface area contributed by atoms with Crippen LogP contribution in [0.5, 0.6) is 0 Å². The summed E-state index contributed by atoms with van der Waals surface area (Å²) in [6.45, 7) is 6.90. The number of cyclic esters (lactones) is 1. The van der Waals surface area contributed by atoms with E-state index in [0.717, 1.165) is 23.9 Å². The van der Waals surface area contributed by atoms with Crippen molar-refractivity contribution < 1.29 is 9.53 Å². The number of nitrogens with zero attached hydrogens (tertiary/aromatic N) is 4. The van der Waals surface area contributed by atoms with E-state index in [1.807, 2.05) is 11.9 Å². The number of ether oxygens (including phenoxy) is 1. The molecule has 2 heterocycles. The van der Waals surface area contributed by atoms with Crippen molar-refractivity contribution in [2.45, 2.75) is 20.3 Å². The van der Waals surface area contributed by atoms with Crippen molar-refractivity contribution in [3.63, 3.8) is 0 Å². The molecule has 1 aliphatic rings. The van der Waals surface area contributed by atoms with Crippen molar-refractivity contribution in [2.24, 2.45) is 5.92 Å². The monoisotopic (exact) mass is 284 g/mol. The maximum absolute atomic E-state index is 11.3. The minimum atomic E-state index is -0.217. The van der Waals surface area contributed by atoms with Crippen LogP contribution in [0, 0.1) is 5.92 Å². The number of aromatic nitrogens is 2. The van der Waals surface area contributed by atoms with Gasteiger partial charge in [0.1, 0.15) is 12.4 Å². The summed E-state index contributed by atoms with van der Waals surface area (Å²) >= 11 is 1.41. The van der Waals surface area contributed by atoms with Crippen LogP contribution >= 0.6 is 11.5 Å². The van der Waals surface area contributed by atoms with Gasteiger partial charge in [-0.15, -0.1) is 0 Å². The summed E-state index contributed by atoms with van der Waals surface area (Å²) in [5.41, 5.74) is 0. The third kappa shape index (κ3) is 3.79. The van der Waals surface area contributed by atoms with Crippen LogP contribution < -0.4 is 4.90 Å². The highest BCUT2D eigenvalue weighted by molar-refractivity contribution is 7.09. The number of hydrogen-bond acceptors (Lipinski definition) is 6. The topological polar surface area (TPSA) is 58.6 Å². The lowest BCUT2D eigenvalue weighted by Gasteiger charge is -2.19. The Morgan fingerprint density at radius 3 is 2.95 bits per heavy atom. The average Bonchev–Trinajstić information content (AvgIpc) is 2.95. The largest absolute Gasteiger partial charge is 0.448 e. The lowest BCUT2D eigenvalue weighted by atomic mass is 10.1. The van der Waals surface area contributed by atoms with Crippen molar-refractivity contribution in [1.82, 2.24) is 14.3 Å². The van der Waals surface area contributed by atoms with Gasteiger partial charge in [0.15, 0.2) is 0 Å². The molecule has 1 fully saturated rings. The first-order valence-electron chi connectivity index (χ1n) is 6.51. The minimum Gasteiger partial charge on any atom is -0.448 e. The van der Waals surface area contributed by atoms with Gasteiger partial charge in [-0.1, -0.05) is 13.8 Å². The van der Waals surface area contributed by atoms with Crippen LogP contribution in [0.2, 0.25) is 0 Å². The SMILES string of the molecule is CC(C)Cc1nsc(N(C)CCN2CCOC2=O)n1. The van der Waals surface area contributed by atoms with E-state index in [-0.39, 0.29) is 6.09 Å². The first-order chi connectivity index (χ1) is 9.06. The quantitative estimate of drug-likeness (QED) is 0.794. The minimum absolute atomic E-state index is 0.217. The van der Waals surface area contributed by atoms with Crippen LogP contribution in [0.3, 0.4) is 0 Å². The van der Waals surface area contributed by atoms with Gasteiger partial charge in [0.05, 0.1) is 6.54 Å². The molecule has 0 aliphatic carbocycles. The summed E-state index contributed by atoms with van der Waals surface area (Å²) < 4.78 is 9.25. The molecular weight excluding hydrogens is 264 g/mol. The van der Waals surface area contributed by atoms with E-state index in [1.54, 1.807) is 4.90 Å². The van der Waals surface area contributed by atoms with Gasteiger partial charge in [-0.05, 0) is 5.92 Å². The van der Waals surface area contributed by atoms with E-state index in [9.17, 15) is 4.79 Å². The molecule has 2 rings (SSSR count). The van der Waals surface area contributed by atoms with Crippen molar-refractivity contribution >= 4 is 22.8 Å². The van der Waals surface area contributed by atoms with E-state index in [1.165, 1.54) is 11.5 Å². The van der Waals surface area contributed by atoms with Crippen molar-refractivity contribution in [1.29, 1.82) is 0 Å². The first kappa shape index (κ1) is 14.0. The third-order valence-corrected chi connectivity index (χ3v) is 3.79. The third-order valence-electron chi connectivity index (χ3n) is 2.93. The Morgan fingerprint density at radius 1 is 1.53 bits per heavy atom.